The number of aryl methyl sites for hydroxylation is 1. The summed E-state index contributed by atoms with van der Waals surface area (Å²) in [4.78, 5) is 29.4. The van der Waals surface area contributed by atoms with Crippen LogP contribution in [0.1, 0.15) is 43.2 Å². The Morgan fingerprint density at radius 2 is 2.07 bits per heavy atom. The normalized spacial score (nSPS) is 18.9. The highest BCUT2D eigenvalue weighted by atomic mass is 16.1. The van der Waals surface area contributed by atoms with Crippen molar-refractivity contribution in [1.29, 1.82) is 5.26 Å². The molecule has 6 heteroatoms. The molecule has 0 aliphatic heterocycles. The van der Waals surface area contributed by atoms with Crippen molar-refractivity contribution in [2.24, 2.45) is 5.92 Å². The molecule has 1 aliphatic carbocycles. The van der Waals surface area contributed by atoms with Crippen molar-refractivity contribution >= 4 is 22.4 Å². The van der Waals surface area contributed by atoms with Crippen molar-refractivity contribution in [2.75, 3.05) is 26.0 Å². The monoisotopic (exact) mass is 406 g/mol. The standard InChI is InChI=1S/C24H30N4O2/c1-4-22(29)17-8-10-18(11-9-17)26-23-19-12-7-16(6-5-13-28(2)3)14-21(19)27-24(30)20(23)15-25/h4,7,12,14,17-18H,1,5-6,8-11,13H2,2-3H3,(H2,26,27,30). The van der Waals surface area contributed by atoms with Gasteiger partial charge in [0.1, 0.15) is 11.6 Å². The van der Waals surface area contributed by atoms with Crippen LogP contribution in [0.3, 0.4) is 0 Å². The molecular weight excluding hydrogens is 376 g/mol. The Bertz CT molecular complexity index is 1020. The Kier molecular flexibility index (Phi) is 7.07. The summed E-state index contributed by atoms with van der Waals surface area (Å²) >= 11 is 0. The molecule has 6 nitrogen and oxygen atoms in total. The molecular formula is C24H30N4O2. The summed E-state index contributed by atoms with van der Waals surface area (Å²) in [7, 11) is 4.11. The first-order chi connectivity index (χ1) is 14.4. The van der Waals surface area contributed by atoms with E-state index in [0.717, 1.165) is 56.0 Å². The maximum absolute atomic E-state index is 12.5. The van der Waals surface area contributed by atoms with Crippen LogP contribution in [0.15, 0.2) is 35.6 Å². The highest BCUT2D eigenvalue weighted by molar-refractivity contribution is 5.94. The summed E-state index contributed by atoms with van der Waals surface area (Å²) in [5, 5.41) is 13.9. The summed E-state index contributed by atoms with van der Waals surface area (Å²) in [6.45, 7) is 4.59. The van der Waals surface area contributed by atoms with E-state index in [9.17, 15) is 14.9 Å². The molecule has 0 atom stereocenters. The molecule has 3 rings (SSSR count). The number of allylic oxidation sites excluding steroid dienone is 1. The maximum atomic E-state index is 12.5. The first kappa shape index (κ1) is 21.8. The fourth-order valence-electron chi connectivity index (χ4n) is 4.25. The third-order valence-corrected chi connectivity index (χ3v) is 5.94. The van der Waals surface area contributed by atoms with Crippen LogP contribution in [0.2, 0.25) is 0 Å². The number of hydrogen-bond donors (Lipinski definition) is 2. The lowest BCUT2D eigenvalue weighted by Gasteiger charge is -2.29. The Morgan fingerprint density at radius 1 is 1.33 bits per heavy atom. The molecule has 1 fully saturated rings. The molecule has 1 aromatic heterocycles. The molecule has 158 valence electrons. The minimum atomic E-state index is -0.367. The Hall–Kier alpha value is -2.91. The van der Waals surface area contributed by atoms with E-state index in [2.05, 4.69) is 48.0 Å². The van der Waals surface area contributed by atoms with Gasteiger partial charge in [-0.25, -0.2) is 0 Å². The number of aromatic amines is 1. The van der Waals surface area contributed by atoms with Crippen LogP contribution in [0.5, 0.6) is 0 Å². The number of aromatic nitrogens is 1. The van der Waals surface area contributed by atoms with E-state index in [4.69, 9.17) is 0 Å². The Morgan fingerprint density at radius 3 is 2.70 bits per heavy atom. The fourth-order valence-corrected chi connectivity index (χ4v) is 4.25. The molecule has 0 radical (unpaired) electrons. The van der Waals surface area contributed by atoms with Crippen LogP contribution < -0.4 is 10.9 Å². The third-order valence-electron chi connectivity index (χ3n) is 5.94. The lowest BCUT2D eigenvalue weighted by molar-refractivity contribution is -0.119. The molecule has 1 heterocycles. The number of anilines is 1. The zero-order valence-electron chi connectivity index (χ0n) is 17.8. The van der Waals surface area contributed by atoms with Crippen molar-refractivity contribution in [1.82, 2.24) is 9.88 Å². The minimum Gasteiger partial charge on any atom is -0.381 e. The first-order valence-electron chi connectivity index (χ1n) is 10.6. The Labute approximate surface area is 177 Å². The van der Waals surface area contributed by atoms with E-state index in [1.807, 2.05) is 12.1 Å². The average molecular weight is 407 g/mol. The number of rotatable bonds is 8. The number of hydrogen-bond acceptors (Lipinski definition) is 5. The van der Waals surface area contributed by atoms with Crippen molar-refractivity contribution in [2.45, 2.75) is 44.6 Å². The van der Waals surface area contributed by atoms with Gasteiger partial charge in [0, 0.05) is 17.3 Å². The summed E-state index contributed by atoms with van der Waals surface area (Å²) in [6.07, 6.45) is 6.62. The number of nitrogens with one attached hydrogen (secondary N) is 2. The van der Waals surface area contributed by atoms with Crippen molar-refractivity contribution in [3.8, 4) is 6.07 Å². The summed E-state index contributed by atoms with van der Waals surface area (Å²) in [6, 6.07) is 8.28. The van der Waals surface area contributed by atoms with Gasteiger partial charge in [-0.05, 0) is 76.9 Å². The minimum absolute atomic E-state index is 0.0385. The van der Waals surface area contributed by atoms with Crippen LogP contribution in [0, 0.1) is 17.2 Å². The van der Waals surface area contributed by atoms with E-state index in [0.29, 0.717) is 5.69 Å². The smallest absolute Gasteiger partial charge is 0.268 e. The second kappa shape index (κ2) is 9.73. The molecule has 0 unspecified atom stereocenters. The van der Waals surface area contributed by atoms with Gasteiger partial charge in [0.05, 0.1) is 11.2 Å². The number of carbonyl (C=O) groups excluding carboxylic acids is 1. The Balaban J connectivity index is 1.84. The van der Waals surface area contributed by atoms with Gasteiger partial charge < -0.3 is 15.2 Å². The zero-order chi connectivity index (χ0) is 21.7. The average Bonchev–Trinajstić information content (AvgIpc) is 2.73. The van der Waals surface area contributed by atoms with Crippen molar-refractivity contribution in [3.63, 3.8) is 0 Å². The highest BCUT2D eigenvalue weighted by Gasteiger charge is 2.26. The van der Waals surface area contributed by atoms with Crippen LogP contribution in [-0.4, -0.2) is 42.3 Å². The quantitative estimate of drug-likeness (QED) is 0.654. The lowest BCUT2D eigenvalue weighted by atomic mass is 9.83. The summed E-state index contributed by atoms with van der Waals surface area (Å²) < 4.78 is 0. The molecule has 0 amide bonds. The van der Waals surface area contributed by atoms with Gasteiger partial charge in [0.2, 0.25) is 0 Å². The number of carbonyl (C=O) groups is 1. The number of pyridine rings is 1. The lowest BCUT2D eigenvalue weighted by Crippen LogP contribution is -2.30. The van der Waals surface area contributed by atoms with Crippen LogP contribution in [0.25, 0.3) is 10.9 Å². The molecule has 2 N–H and O–H groups in total. The largest absolute Gasteiger partial charge is 0.381 e. The van der Waals surface area contributed by atoms with Crippen LogP contribution >= 0.6 is 0 Å². The molecule has 0 spiro atoms. The second-order valence-corrected chi connectivity index (χ2v) is 8.40. The number of nitrogens with zero attached hydrogens (tertiary/aromatic N) is 2. The van der Waals surface area contributed by atoms with Crippen LogP contribution in [0.4, 0.5) is 5.69 Å². The van der Waals surface area contributed by atoms with Crippen molar-refractivity contribution in [3.05, 3.63) is 52.3 Å². The summed E-state index contributed by atoms with van der Waals surface area (Å²) in [5.41, 5.74) is 2.27. The van der Waals surface area contributed by atoms with Gasteiger partial charge in [-0.15, -0.1) is 0 Å². The maximum Gasteiger partial charge on any atom is 0.268 e. The number of H-pyrrole nitrogens is 1. The van der Waals surface area contributed by atoms with Gasteiger partial charge in [-0.2, -0.15) is 5.26 Å². The van der Waals surface area contributed by atoms with Gasteiger partial charge in [-0.1, -0.05) is 18.7 Å². The molecule has 1 aromatic carbocycles. The molecule has 1 saturated carbocycles. The van der Waals surface area contributed by atoms with Gasteiger partial charge in [0.25, 0.3) is 5.56 Å². The van der Waals surface area contributed by atoms with Crippen molar-refractivity contribution < 1.29 is 4.79 Å². The fraction of sp³-hybridized carbons (Fsp3) is 0.458. The predicted molar refractivity (Wildman–Crippen MR) is 121 cm³/mol. The van der Waals surface area contributed by atoms with E-state index >= 15 is 0 Å². The highest BCUT2D eigenvalue weighted by Crippen LogP contribution is 2.31. The van der Waals surface area contributed by atoms with E-state index in [1.165, 1.54) is 11.6 Å². The number of ketones is 1. The molecule has 1 aliphatic rings. The van der Waals surface area contributed by atoms with E-state index in [-0.39, 0.29) is 28.9 Å². The van der Waals surface area contributed by atoms with Gasteiger partial charge in [-0.3, -0.25) is 9.59 Å². The molecule has 2 aromatic rings. The molecule has 30 heavy (non-hydrogen) atoms. The van der Waals surface area contributed by atoms with Gasteiger partial charge in [0.15, 0.2) is 5.78 Å². The topological polar surface area (TPSA) is 89.0 Å². The van der Waals surface area contributed by atoms with E-state index < -0.39 is 0 Å². The van der Waals surface area contributed by atoms with Gasteiger partial charge >= 0.3 is 0 Å². The van der Waals surface area contributed by atoms with E-state index in [1.54, 1.807) is 0 Å². The number of fused-ring (bicyclic) bond motifs is 1. The predicted octanol–water partition coefficient (Wildman–Crippen LogP) is 3.62. The van der Waals surface area contributed by atoms with Crippen LogP contribution in [-0.2, 0) is 11.2 Å². The summed E-state index contributed by atoms with van der Waals surface area (Å²) in [5.74, 6) is 0.145. The molecule has 0 bridgehead atoms. The third kappa shape index (κ3) is 4.98. The number of nitriles is 1. The first-order valence-corrected chi connectivity index (χ1v) is 10.6. The SMILES string of the molecule is C=CC(=O)C1CCC(Nc2c(C#N)c(=O)[nH]c3cc(CCCN(C)C)ccc23)CC1. The second-order valence-electron chi connectivity index (χ2n) is 8.40. The zero-order valence-corrected chi connectivity index (χ0v) is 17.8. The molecule has 0 saturated heterocycles. The number of benzene rings is 1.